The number of anilines is 3. The number of piperidine rings is 1. The number of nitrogens with zero attached hydrogens (tertiary/aromatic N) is 8. The van der Waals surface area contributed by atoms with Crippen molar-refractivity contribution in [1.29, 1.82) is 0 Å². The lowest BCUT2D eigenvalue weighted by atomic mass is 9.96. The molecule has 1 unspecified atom stereocenters. The average Bonchev–Trinajstić information content (AvgIpc) is 3.87. The van der Waals surface area contributed by atoms with Crippen molar-refractivity contribution >= 4 is 46.1 Å². The van der Waals surface area contributed by atoms with Crippen LogP contribution in [0.5, 0.6) is 0 Å². The number of hydrogen-bond acceptors (Lipinski definition) is 14. The molecular formula is C43H47N11O6. The number of nitrogens with one attached hydrogen (secondary N) is 3. The van der Waals surface area contributed by atoms with Gasteiger partial charge in [0.05, 0.1) is 29.1 Å². The molecule has 6 heterocycles. The lowest BCUT2D eigenvalue weighted by Gasteiger charge is -2.36. The van der Waals surface area contributed by atoms with E-state index in [1.807, 2.05) is 89.3 Å². The molecule has 2 atom stereocenters. The number of carbonyl (C=O) groups excluding carboxylic acids is 3. The highest BCUT2D eigenvalue weighted by Gasteiger charge is 2.32. The molecule has 4 aromatic heterocycles. The topological polar surface area (TPSA) is 207 Å². The molecule has 2 aliphatic rings. The van der Waals surface area contributed by atoms with E-state index in [1.54, 1.807) is 6.07 Å². The van der Waals surface area contributed by atoms with Gasteiger partial charge in [-0.1, -0.05) is 50.2 Å². The van der Waals surface area contributed by atoms with Crippen molar-refractivity contribution in [3.63, 3.8) is 0 Å². The number of amides is 3. The zero-order valence-corrected chi connectivity index (χ0v) is 34.2. The minimum atomic E-state index is -0.772. The number of hydrogen-bond donors (Lipinski definition) is 3. The number of imide groups is 1. The van der Waals surface area contributed by atoms with Crippen LogP contribution >= 0.6 is 0 Å². The van der Waals surface area contributed by atoms with Crippen LogP contribution in [0.4, 0.5) is 17.3 Å². The Labute approximate surface area is 345 Å². The number of carbonyl (C=O) groups is 3. The van der Waals surface area contributed by atoms with E-state index in [0.717, 1.165) is 66.4 Å². The second-order valence-corrected chi connectivity index (χ2v) is 16.3. The average molecular weight is 814 g/mol. The fourth-order valence-corrected chi connectivity index (χ4v) is 7.68. The third kappa shape index (κ3) is 8.52. The lowest BCUT2D eigenvalue weighted by molar-refractivity contribution is -0.135. The van der Waals surface area contributed by atoms with E-state index in [4.69, 9.17) is 8.94 Å². The van der Waals surface area contributed by atoms with Gasteiger partial charge in [0.2, 0.25) is 11.8 Å². The van der Waals surface area contributed by atoms with Crippen LogP contribution in [-0.2, 0) is 21.4 Å². The van der Waals surface area contributed by atoms with E-state index in [9.17, 15) is 19.2 Å². The number of aromatic nitrogens is 6. The summed E-state index contributed by atoms with van der Waals surface area (Å²) in [5.74, 6) is -0.167. The van der Waals surface area contributed by atoms with Crippen molar-refractivity contribution < 1.29 is 23.3 Å². The third-order valence-electron chi connectivity index (χ3n) is 11.0. The molecule has 3 N–H and O–H groups in total. The molecule has 2 saturated heterocycles. The van der Waals surface area contributed by atoms with E-state index >= 15 is 0 Å². The first-order chi connectivity index (χ1) is 28.8. The van der Waals surface area contributed by atoms with E-state index in [1.165, 1.54) is 10.9 Å². The molecule has 2 fully saturated rings. The van der Waals surface area contributed by atoms with Gasteiger partial charge in [-0.05, 0) is 67.6 Å². The van der Waals surface area contributed by atoms with Gasteiger partial charge < -0.3 is 24.5 Å². The summed E-state index contributed by atoms with van der Waals surface area (Å²) in [6.45, 7) is 13.9. The largest absolute Gasteiger partial charge is 0.420 e. The first kappa shape index (κ1) is 40.0. The number of oxazole rings is 1. The summed E-state index contributed by atoms with van der Waals surface area (Å²) >= 11 is 0. The van der Waals surface area contributed by atoms with Crippen LogP contribution in [0.15, 0.2) is 80.9 Å². The van der Waals surface area contributed by atoms with E-state index < -0.39 is 23.6 Å². The number of aryl methyl sites for hydroxylation is 1. The Hall–Kier alpha value is -6.75. The highest BCUT2D eigenvalue weighted by molar-refractivity contribution is 6.00. The maximum absolute atomic E-state index is 12.9. The number of rotatable bonds is 11. The van der Waals surface area contributed by atoms with Crippen LogP contribution in [0, 0.1) is 6.92 Å². The highest BCUT2D eigenvalue weighted by Crippen LogP contribution is 2.28. The summed E-state index contributed by atoms with van der Waals surface area (Å²) < 4.78 is 12.3. The Balaban J connectivity index is 0.837. The van der Waals surface area contributed by atoms with Crippen LogP contribution in [0.2, 0.25) is 0 Å². The molecule has 60 heavy (non-hydrogen) atoms. The van der Waals surface area contributed by atoms with E-state index in [2.05, 4.69) is 50.8 Å². The maximum Gasteiger partial charge on any atom is 0.420 e. The van der Waals surface area contributed by atoms with E-state index in [-0.39, 0.29) is 36.1 Å². The Bertz CT molecular complexity index is 2620. The van der Waals surface area contributed by atoms with Crippen molar-refractivity contribution in [2.24, 2.45) is 0 Å². The second kappa shape index (κ2) is 16.5. The van der Waals surface area contributed by atoms with Crippen LogP contribution < -0.4 is 26.6 Å². The van der Waals surface area contributed by atoms with Gasteiger partial charge in [0.15, 0.2) is 11.4 Å². The monoisotopic (exact) mass is 813 g/mol. The Morgan fingerprint density at radius 3 is 2.52 bits per heavy atom. The van der Waals surface area contributed by atoms with E-state index in [0.29, 0.717) is 35.0 Å². The molecule has 0 aliphatic carbocycles. The minimum absolute atomic E-state index is 0.0641. The standard InChI is InChI=1S/C43H47N11O6/c1-25-21-28(9-11-30(25)26(2)47-39(57)40-50-41(51-60-40)43(3,4)5)31-22-35(46-24-45-31)48-34-13-10-29(23-44-34)53-19-17-52(18-20-53)16-15-27-7-6-8-32-37(27)59-42(58)54(32)33-12-14-36(55)49-38(33)56/h6-11,13,21-24,26,33H,12,14-20H2,1-5H3,(H,47,57)(H,49,55,56)(H,44,45,46,48)/t26-,33?/m1/s1. The number of piperazine rings is 1. The Morgan fingerprint density at radius 1 is 0.983 bits per heavy atom. The smallest absolute Gasteiger partial charge is 0.407 e. The first-order valence-corrected chi connectivity index (χ1v) is 20.1. The second-order valence-electron chi connectivity index (χ2n) is 16.3. The van der Waals surface area contributed by atoms with Crippen molar-refractivity contribution in [3.8, 4) is 11.3 Å². The summed E-state index contributed by atoms with van der Waals surface area (Å²) in [7, 11) is 0. The number of fused-ring (bicyclic) bond motifs is 1. The fraction of sp³-hybridized carbons (Fsp3) is 0.372. The van der Waals surface area contributed by atoms with Crippen LogP contribution in [0.3, 0.4) is 0 Å². The van der Waals surface area contributed by atoms with Gasteiger partial charge in [-0.25, -0.2) is 19.7 Å². The minimum Gasteiger partial charge on any atom is -0.407 e. The molecule has 0 spiro atoms. The summed E-state index contributed by atoms with van der Waals surface area (Å²) in [6.07, 6.45) is 4.49. The maximum atomic E-state index is 12.9. The molecule has 310 valence electrons. The molecule has 0 radical (unpaired) electrons. The number of benzene rings is 2. The third-order valence-corrected chi connectivity index (χ3v) is 11.0. The predicted octanol–water partition coefficient (Wildman–Crippen LogP) is 5.01. The molecule has 2 aliphatic heterocycles. The molecule has 2 aromatic carbocycles. The fourth-order valence-electron chi connectivity index (χ4n) is 7.68. The molecule has 0 saturated carbocycles. The molecule has 17 nitrogen and oxygen atoms in total. The van der Waals surface area contributed by atoms with Crippen molar-refractivity contribution in [2.75, 3.05) is 42.9 Å². The molecule has 8 rings (SSSR count). The van der Waals surface area contributed by atoms with Crippen molar-refractivity contribution in [2.45, 2.75) is 71.4 Å². The summed E-state index contributed by atoms with van der Waals surface area (Å²) in [5.41, 5.74) is 6.22. The zero-order chi connectivity index (χ0) is 42.1. The molecule has 17 heteroatoms. The normalized spacial score (nSPS) is 16.8. The SMILES string of the molecule is Cc1cc(-c2cc(Nc3ccc(N4CCN(CCc5cccc6c5oc(=O)n6C5CCC(=O)NC5=O)CC4)cn3)ncn2)ccc1[C@@H](C)NC(=O)c1nc(C(C)(C)C)no1. The van der Waals surface area contributed by atoms with Gasteiger partial charge in [-0.15, -0.1) is 0 Å². The van der Waals surface area contributed by atoms with Gasteiger partial charge in [0.25, 0.3) is 0 Å². The summed E-state index contributed by atoms with van der Waals surface area (Å²) in [5, 5.41) is 12.5. The van der Waals surface area contributed by atoms with Crippen LogP contribution in [0.25, 0.3) is 22.4 Å². The molecule has 6 aromatic rings. The predicted molar refractivity (Wildman–Crippen MR) is 223 cm³/mol. The van der Waals surface area contributed by atoms with Gasteiger partial charge in [0, 0.05) is 56.2 Å². The Morgan fingerprint density at radius 2 is 1.80 bits per heavy atom. The Kier molecular flexibility index (Phi) is 11.0. The molecule has 0 bridgehead atoms. The lowest BCUT2D eigenvalue weighted by Crippen LogP contribution is -2.47. The van der Waals surface area contributed by atoms with Crippen LogP contribution in [-0.4, -0.2) is 85.0 Å². The highest BCUT2D eigenvalue weighted by atomic mass is 16.5. The number of pyridine rings is 1. The van der Waals surface area contributed by atoms with Gasteiger partial charge >= 0.3 is 17.6 Å². The summed E-state index contributed by atoms with van der Waals surface area (Å²) in [6, 6.07) is 16.4. The molecule has 3 amide bonds. The van der Waals surface area contributed by atoms with Gasteiger partial charge in [-0.3, -0.25) is 29.2 Å². The van der Waals surface area contributed by atoms with Crippen molar-refractivity contribution in [3.05, 3.63) is 106 Å². The first-order valence-electron chi connectivity index (χ1n) is 20.1. The summed E-state index contributed by atoms with van der Waals surface area (Å²) in [4.78, 5) is 72.5. The van der Waals surface area contributed by atoms with Crippen molar-refractivity contribution in [1.82, 2.24) is 45.2 Å². The van der Waals surface area contributed by atoms with Crippen LogP contribution in [0.1, 0.15) is 85.8 Å². The van der Waals surface area contributed by atoms with Gasteiger partial charge in [-0.2, -0.15) is 4.98 Å². The van der Waals surface area contributed by atoms with Gasteiger partial charge in [0.1, 0.15) is 24.0 Å². The quantitative estimate of drug-likeness (QED) is 0.147. The zero-order valence-electron chi connectivity index (χ0n) is 34.2. The molecular weight excluding hydrogens is 767 g/mol. The number of para-hydroxylation sites is 1.